The predicted octanol–water partition coefficient (Wildman–Crippen LogP) is 4.30. The van der Waals surface area contributed by atoms with Gasteiger partial charge in [0.2, 0.25) is 0 Å². The molecule has 0 unspecified atom stereocenters. The summed E-state index contributed by atoms with van der Waals surface area (Å²) < 4.78 is 11.4. The third kappa shape index (κ3) is 6.37. The van der Waals surface area contributed by atoms with Crippen LogP contribution in [0.4, 0.5) is 0 Å². The van der Waals surface area contributed by atoms with Gasteiger partial charge < -0.3 is 14.8 Å². The lowest BCUT2D eigenvalue weighted by Gasteiger charge is -2.26. The van der Waals surface area contributed by atoms with Crippen molar-refractivity contribution in [2.75, 3.05) is 39.4 Å². The lowest BCUT2D eigenvalue weighted by atomic mass is 10.1. The molecule has 0 atom stereocenters. The van der Waals surface area contributed by atoms with Gasteiger partial charge >= 0.3 is 0 Å². The minimum absolute atomic E-state index is 0.475. The van der Waals surface area contributed by atoms with E-state index in [0.29, 0.717) is 28.9 Å². The molecule has 4 nitrogen and oxygen atoms in total. The number of morpholine rings is 1. The molecule has 3 rings (SSSR count). The van der Waals surface area contributed by atoms with Crippen LogP contribution in [0.5, 0.6) is 5.75 Å². The first-order valence-corrected chi connectivity index (χ1v) is 10.0. The van der Waals surface area contributed by atoms with Gasteiger partial charge in [0.15, 0.2) is 0 Å². The highest BCUT2D eigenvalue weighted by atomic mass is 35.5. The summed E-state index contributed by atoms with van der Waals surface area (Å²) in [7, 11) is 0. The average Bonchev–Trinajstić information content (AvgIpc) is 2.66. The quantitative estimate of drug-likeness (QED) is 0.660. The van der Waals surface area contributed by atoms with Gasteiger partial charge in [0, 0.05) is 43.3 Å². The third-order valence-corrected chi connectivity index (χ3v) is 5.11. The van der Waals surface area contributed by atoms with Crippen LogP contribution in [0.3, 0.4) is 0 Å². The van der Waals surface area contributed by atoms with E-state index in [1.54, 1.807) is 6.07 Å². The van der Waals surface area contributed by atoms with Gasteiger partial charge in [-0.15, -0.1) is 0 Å². The summed E-state index contributed by atoms with van der Waals surface area (Å²) in [5, 5.41) is 4.63. The van der Waals surface area contributed by atoms with E-state index in [4.69, 9.17) is 32.7 Å². The minimum Gasteiger partial charge on any atom is -0.487 e. The second kappa shape index (κ2) is 10.3. The molecule has 27 heavy (non-hydrogen) atoms. The van der Waals surface area contributed by atoms with Crippen molar-refractivity contribution in [1.29, 1.82) is 0 Å². The number of benzene rings is 2. The fourth-order valence-electron chi connectivity index (χ4n) is 3.03. The van der Waals surface area contributed by atoms with Gasteiger partial charge in [-0.2, -0.15) is 0 Å². The van der Waals surface area contributed by atoms with Crippen LogP contribution in [0.2, 0.25) is 10.0 Å². The van der Waals surface area contributed by atoms with Gasteiger partial charge in [0.05, 0.1) is 18.2 Å². The van der Waals surface area contributed by atoms with Gasteiger partial charge in [0.1, 0.15) is 12.4 Å². The highest BCUT2D eigenvalue weighted by Crippen LogP contribution is 2.33. The second-order valence-corrected chi connectivity index (χ2v) is 7.62. The normalized spacial score (nSPS) is 15.1. The summed E-state index contributed by atoms with van der Waals surface area (Å²) in [6.45, 7) is 8.73. The zero-order valence-corrected chi connectivity index (χ0v) is 17.2. The molecule has 2 aromatic carbocycles. The molecule has 0 spiro atoms. The van der Waals surface area contributed by atoms with E-state index in [1.807, 2.05) is 6.07 Å². The predicted molar refractivity (Wildman–Crippen MR) is 111 cm³/mol. The van der Waals surface area contributed by atoms with Crippen molar-refractivity contribution in [2.24, 2.45) is 0 Å². The topological polar surface area (TPSA) is 33.7 Å². The number of nitrogens with zero attached hydrogens (tertiary/aromatic N) is 1. The van der Waals surface area contributed by atoms with Crippen LogP contribution in [0, 0.1) is 6.92 Å². The molecule has 1 aliphatic rings. The fourth-order valence-corrected chi connectivity index (χ4v) is 3.62. The molecular formula is C21H26Cl2N2O2. The smallest absolute Gasteiger partial charge is 0.142 e. The van der Waals surface area contributed by atoms with E-state index in [1.165, 1.54) is 5.56 Å². The highest BCUT2D eigenvalue weighted by Gasteiger charge is 2.12. The Morgan fingerprint density at radius 1 is 1.11 bits per heavy atom. The number of nitrogens with one attached hydrogen (secondary N) is 1. The Bertz CT molecular complexity index is 732. The van der Waals surface area contributed by atoms with Crippen molar-refractivity contribution >= 4 is 23.2 Å². The van der Waals surface area contributed by atoms with Gasteiger partial charge in [-0.3, -0.25) is 4.90 Å². The Balaban J connectivity index is 1.57. The maximum absolute atomic E-state index is 6.40. The molecule has 1 heterocycles. The largest absolute Gasteiger partial charge is 0.487 e. The first-order valence-electron chi connectivity index (χ1n) is 9.29. The summed E-state index contributed by atoms with van der Waals surface area (Å²) in [6.07, 6.45) is 0. The van der Waals surface area contributed by atoms with E-state index in [-0.39, 0.29) is 0 Å². The molecule has 1 saturated heterocycles. The van der Waals surface area contributed by atoms with Gasteiger partial charge in [-0.25, -0.2) is 0 Å². The molecule has 2 aromatic rings. The highest BCUT2D eigenvalue weighted by molar-refractivity contribution is 6.35. The molecule has 1 N–H and O–H groups in total. The molecule has 0 amide bonds. The number of aryl methyl sites for hydroxylation is 1. The molecule has 1 aliphatic heterocycles. The fraction of sp³-hybridized carbons (Fsp3) is 0.429. The Hall–Kier alpha value is -1.30. The molecule has 6 heteroatoms. The lowest BCUT2D eigenvalue weighted by Crippen LogP contribution is -2.40. The Morgan fingerprint density at radius 3 is 2.59 bits per heavy atom. The van der Waals surface area contributed by atoms with Crippen molar-refractivity contribution in [2.45, 2.75) is 20.1 Å². The Labute approximate surface area is 171 Å². The van der Waals surface area contributed by atoms with Crippen molar-refractivity contribution in [3.63, 3.8) is 0 Å². The monoisotopic (exact) mass is 408 g/mol. The number of hydrogen-bond donors (Lipinski definition) is 1. The molecule has 146 valence electrons. The van der Waals surface area contributed by atoms with Crippen molar-refractivity contribution in [3.05, 3.63) is 63.1 Å². The summed E-state index contributed by atoms with van der Waals surface area (Å²) in [5.74, 6) is 0.695. The number of halogens is 2. The molecule has 0 aromatic heterocycles. The summed E-state index contributed by atoms with van der Waals surface area (Å²) in [4.78, 5) is 2.40. The average molecular weight is 409 g/mol. The number of hydrogen-bond acceptors (Lipinski definition) is 4. The standard InChI is InChI=1S/C21H26Cl2N2O2/c1-16-2-4-17(5-3-16)15-27-21-18(12-19(22)13-20(21)23)14-24-6-7-25-8-10-26-11-9-25/h2-5,12-13,24H,6-11,14-15H2,1H3. The van der Waals surface area contributed by atoms with Crippen molar-refractivity contribution < 1.29 is 9.47 Å². The molecule has 0 aliphatic carbocycles. The third-order valence-electron chi connectivity index (χ3n) is 4.61. The molecule has 0 saturated carbocycles. The van der Waals surface area contributed by atoms with E-state index >= 15 is 0 Å². The maximum atomic E-state index is 6.40. The zero-order chi connectivity index (χ0) is 19.1. The zero-order valence-electron chi connectivity index (χ0n) is 15.6. The van der Waals surface area contributed by atoms with Crippen LogP contribution in [0.1, 0.15) is 16.7 Å². The number of ether oxygens (including phenoxy) is 2. The van der Waals surface area contributed by atoms with Crippen LogP contribution in [-0.2, 0) is 17.9 Å². The van der Waals surface area contributed by atoms with Crippen LogP contribution < -0.4 is 10.1 Å². The Morgan fingerprint density at radius 2 is 1.85 bits per heavy atom. The van der Waals surface area contributed by atoms with Crippen molar-refractivity contribution in [1.82, 2.24) is 10.2 Å². The maximum Gasteiger partial charge on any atom is 0.142 e. The number of rotatable bonds is 8. The lowest BCUT2D eigenvalue weighted by molar-refractivity contribution is 0.0384. The van der Waals surface area contributed by atoms with Crippen LogP contribution in [0.15, 0.2) is 36.4 Å². The molecule has 0 radical (unpaired) electrons. The SMILES string of the molecule is Cc1ccc(COc2c(Cl)cc(Cl)cc2CNCCN2CCOCC2)cc1. The summed E-state index contributed by atoms with van der Waals surface area (Å²) in [6, 6.07) is 11.9. The summed E-state index contributed by atoms with van der Waals surface area (Å²) >= 11 is 12.6. The van der Waals surface area contributed by atoms with Gasteiger partial charge in [-0.1, -0.05) is 53.0 Å². The first-order chi connectivity index (χ1) is 13.1. The Kier molecular flexibility index (Phi) is 7.80. The van der Waals surface area contributed by atoms with Crippen LogP contribution in [0.25, 0.3) is 0 Å². The van der Waals surface area contributed by atoms with Gasteiger partial charge in [-0.05, 0) is 24.6 Å². The van der Waals surface area contributed by atoms with E-state index in [0.717, 1.165) is 50.5 Å². The van der Waals surface area contributed by atoms with Gasteiger partial charge in [0.25, 0.3) is 0 Å². The van der Waals surface area contributed by atoms with Crippen LogP contribution in [-0.4, -0.2) is 44.3 Å². The minimum atomic E-state index is 0.475. The van der Waals surface area contributed by atoms with E-state index in [2.05, 4.69) is 41.4 Å². The van der Waals surface area contributed by atoms with Crippen LogP contribution >= 0.6 is 23.2 Å². The molecule has 0 bridgehead atoms. The second-order valence-electron chi connectivity index (χ2n) is 6.78. The summed E-state index contributed by atoms with van der Waals surface area (Å²) in [5.41, 5.74) is 3.31. The molecular weight excluding hydrogens is 383 g/mol. The van der Waals surface area contributed by atoms with E-state index < -0.39 is 0 Å². The first kappa shape index (κ1) is 20.4. The van der Waals surface area contributed by atoms with E-state index in [9.17, 15) is 0 Å². The van der Waals surface area contributed by atoms with Crippen molar-refractivity contribution in [3.8, 4) is 5.75 Å². The molecule has 1 fully saturated rings.